The van der Waals surface area contributed by atoms with Crippen LogP contribution in [0.2, 0.25) is 5.15 Å². The van der Waals surface area contributed by atoms with Crippen molar-refractivity contribution in [3.05, 3.63) is 28.5 Å². The van der Waals surface area contributed by atoms with Gasteiger partial charge in [0.05, 0.1) is 0 Å². The molecule has 0 spiro atoms. The fourth-order valence-electron chi connectivity index (χ4n) is 1.84. The summed E-state index contributed by atoms with van der Waals surface area (Å²) in [4.78, 5) is 28.2. The Morgan fingerprint density at radius 2 is 1.95 bits per heavy atom. The molecule has 1 atom stereocenters. The molecule has 114 valence electrons. The van der Waals surface area contributed by atoms with Crippen LogP contribution in [0.4, 0.5) is 0 Å². The SMILES string of the molecule is CC(NC(=O)c1cc(Cl)nc(C(C)C)c1)C(=O)NC1CC1. The molecule has 1 aliphatic carbocycles. The normalized spacial score (nSPS) is 15.7. The van der Waals surface area contributed by atoms with Crippen molar-refractivity contribution in [2.24, 2.45) is 0 Å². The molecular formula is C15H20ClN3O2. The first-order valence-electron chi connectivity index (χ1n) is 7.15. The van der Waals surface area contributed by atoms with Crippen LogP contribution in [0.5, 0.6) is 0 Å². The van der Waals surface area contributed by atoms with E-state index < -0.39 is 6.04 Å². The van der Waals surface area contributed by atoms with Gasteiger partial charge < -0.3 is 10.6 Å². The minimum Gasteiger partial charge on any atom is -0.352 e. The van der Waals surface area contributed by atoms with Gasteiger partial charge in [-0.05, 0) is 37.8 Å². The Morgan fingerprint density at radius 3 is 2.52 bits per heavy atom. The lowest BCUT2D eigenvalue weighted by Crippen LogP contribution is -2.45. The van der Waals surface area contributed by atoms with Crippen LogP contribution in [0.3, 0.4) is 0 Å². The van der Waals surface area contributed by atoms with E-state index in [1.54, 1.807) is 13.0 Å². The number of hydrogen-bond acceptors (Lipinski definition) is 3. The average Bonchev–Trinajstić information content (AvgIpc) is 3.21. The van der Waals surface area contributed by atoms with Crippen molar-refractivity contribution in [2.45, 2.75) is 51.6 Å². The average molecular weight is 310 g/mol. The van der Waals surface area contributed by atoms with Gasteiger partial charge in [-0.2, -0.15) is 0 Å². The standard InChI is InChI=1S/C15H20ClN3O2/c1-8(2)12-6-10(7-13(16)19-12)15(21)17-9(3)14(20)18-11-4-5-11/h6-9,11H,4-5H2,1-3H3,(H,17,21)(H,18,20). The number of halogens is 1. The molecule has 2 N–H and O–H groups in total. The molecule has 5 nitrogen and oxygen atoms in total. The van der Waals surface area contributed by atoms with E-state index >= 15 is 0 Å². The van der Waals surface area contributed by atoms with E-state index in [9.17, 15) is 9.59 Å². The van der Waals surface area contributed by atoms with E-state index in [-0.39, 0.29) is 28.9 Å². The lowest BCUT2D eigenvalue weighted by molar-refractivity contribution is -0.122. The summed E-state index contributed by atoms with van der Waals surface area (Å²) in [7, 11) is 0. The number of amides is 2. The van der Waals surface area contributed by atoms with E-state index in [2.05, 4.69) is 15.6 Å². The van der Waals surface area contributed by atoms with Gasteiger partial charge in [-0.3, -0.25) is 9.59 Å². The summed E-state index contributed by atoms with van der Waals surface area (Å²) < 4.78 is 0. The molecule has 0 aliphatic heterocycles. The van der Waals surface area contributed by atoms with Crippen molar-refractivity contribution in [2.75, 3.05) is 0 Å². The fraction of sp³-hybridized carbons (Fsp3) is 0.533. The molecule has 0 saturated heterocycles. The largest absolute Gasteiger partial charge is 0.352 e. The number of hydrogen-bond donors (Lipinski definition) is 2. The smallest absolute Gasteiger partial charge is 0.252 e. The van der Waals surface area contributed by atoms with E-state index in [0.717, 1.165) is 18.5 Å². The second-order valence-corrected chi connectivity index (χ2v) is 6.12. The zero-order valence-corrected chi connectivity index (χ0v) is 13.2. The van der Waals surface area contributed by atoms with Crippen LogP contribution in [0.15, 0.2) is 12.1 Å². The molecule has 2 amide bonds. The van der Waals surface area contributed by atoms with E-state index in [4.69, 9.17) is 11.6 Å². The summed E-state index contributed by atoms with van der Waals surface area (Å²) >= 11 is 5.94. The van der Waals surface area contributed by atoms with Crippen LogP contribution in [0.1, 0.15) is 55.6 Å². The third kappa shape index (κ3) is 4.43. The number of carbonyl (C=O) groups is 2. The Balaban J connectivity index is 2.03. The predicted octanol–water partition coefficient (Wildman–Crippen LogP) is 2.26. The summed E-state index contributed by atoms with van der Waals surface area (Å²) in [5, 5.41) is 5.82. The maximum atomic E-state index is 12.2. The van der Waals surface area contributed by atoms with Gasteiger partial charge in [-0.25, -0.2) is 4.98 Å². The highest BCUT2D eigenvalue weighted by Crippen LogP contribution is 2.19. The first kappa shape index (κ1) is 15.8. The Morgan fingerprint density at radius 1 is 1.29 bits per heavy atom. The number of nitrogens with zero attached hydrogens (tertiary/aromatic N) is 1. The van der Waals surface area contributed by atoms with Crippen molar-refractivity contribution in [1.29, 1.82) is 0 Å². The van der Waals surface area contributed by atoms with Crippen LogP contribution in [-0.4, -0.2) is 28.9 Å². The molecule has 6 heteroatoms. The summed E-state index contributed by atoms with van der Waals surface area (Å²) in [6, 6.07) is 2.92. The van der Waals surface area contributed by atoms with Gasteiger partial charge in [0.1, 0.15) is 11.2 Å². The quantitative estimate of drug-likeness (QED) is 0.820. The number of aromatic nitrogens is 1. The number of nitrogens with one attached hydrogen (secondary N) is 2. The summed E-state index contributed by atoms with van der Waals surface area (Å²) in [5.41, 5.74) is 1.17. The molecule has 0 radical (unpaired) electrons. The van der Waals surface area contributed by atoms with Crippen LogP contribution < -0.4 is 10.6 Å². The Kier molecular flexibility index (Phi) is 4.83. The zero-order chi connectivity index (χ0) is 15.6. The zero-order valence-electron chi connectivity index (χ0n) is 12.4. The van der Waals surface area contributed by atoms with Gasteiger partial charge in [0.25, 0.3) is 5.91 Å². The molecule has 1 aromatic rings. The molecule has 21 heavy (non-hydrogen) atoms. The first-order chi connectivity index (χ1) is 9.86. The van der Waals surface area contributed by atoms with E-state index in [1.165, 1.54) is 6.07 Å². The van der Waals surface area contributed by atoms with Gasteiger partial charge in [0.2, 0.25) is 5.91 Å². The summed E-state index contributed by atoms with van der Waals surface area (Å²) in [6.45, 7) is 5.62. The minimum absolute atomic E-state index is 0.157. The Bertz CT molecular complexity index is 556. The Hall–Kier alpha value is -1.62. The van der Waals surface area contributed by atoms with Gasteiger partial charge in [-0.1, -0.05) is 25.4 Å². The topological polar surface area (TPSA) is 71.1 Å². The monoisotopic (exact) mass is 309 g/mol. The van der Waals surface area contributed by atoms with Gasteiger partial charge in [-0.15, -0.1) is 0 Å². The van der Waals surface area contributed by atoms with Gasteiger partial charge >= 0.3 is 0 Å². The molecule has 1 unspecified atom stereocenters. The van der Waals surface area contributed by atoms with E-state index in [1.807, 2.05) is 13.8 Å². The van der Waals surface area contributed by atoms with Crippen LogP contribution in [0, 0.1) is 0 Å². The molecule has 0 bridgehead atoms. The highest BCUT2D eigenvalue weighted by atomic mass is 35.5. The maximum Gasteiger partial charge on any atom is 0.252 e. The van der Waals surface area contributed by atoms with Crippen molar-refractivity contribution in [1.82, 2.24) is 15.6 Å². The second kappa shape index (κ2) is 6.43. The van der Waals surface area contributed by atoms with E-state index in [0.29, 0.717) is 5.56 Å². The Labute approximate surface area is 129 Å². The minimum atomic E-state index is -0.576. The lowest BCUT2D eigenvalue weighted by atomic mass is 10.1. The molecule has 1 heterocycles. The van der Waals surface area contributed by atoms with Crippen molar-refractivity contribution in [3.8, 4) is 0 Å². The lowest BCUT2D eigenvalue weighted by Gasteiger charge is -2.14. The first-order valence-corrected chi connectivity index (χ1v) is 7.53. The van der Waals surface area contributed by atoms with Crippen molar-refractivity contribution >= 4 is 23.4 Å². The van der Waals surface area contributed by atoms with Crippen LogP contribution in [-0.2, 0) is 4.79 Å². The maximum absolute atomic E-state index is 12.2. The molecule has 2 rings (SSSR count). The molecular weight excluding hydrogens is 290 g/mol. The fourth-order valence-corrected chi connectivity index (χ4v) is 2.06. The number of rotatable bonds is 5. The molecule has 1 fully saturated rings. The van der Waals surface area contributed by atoms with Gasteiger partial charge in [0.15, 0.2) is 0 Å². The molecule has 1 saturated carbocycles. The third-order valence-corrected chi connectivity index (χ3v) is 3.53. The number of carbonyl (C=O) groups excluding carboxylic acids is 2. The molecule has 0 aromatic carbocycles. The molecule has 1 aliphatic rings. The second-order valence-electron chi connectivity index (χ2n) is 5.74. The highest BCUT2D eigenvalue weighted by molar-refractivity contribution is 6.29. The van der Waals surface area contributed by atoms with Crippen LogP contribution >= 0.6 is 11.6 Å². The summed E-state index contributed by atoms with van der Waals surface area (Å²) in [6.07, 6.45) is 2.04. The van der Waals surface area contributed by atoms with Crippen molar-refractivity contribution in [3.63, 3.8) is 0 Å². The van der Waals surface area contributed by atoms with Crippen LogP contribution in [0.25, 0.3) is 0 Å². The number of pyridine rings is 1. The third-order valence-electron chi connectivity index (χ3n) is 3.33. The van der Waals surface area contributed by atoms with Crippen molar-refractivity contribution < 1.29 is 9.59 Å². The molecule has 1 aromatic heterocycles. The predicted molar refractivity (Wildman–Crippen MR) is 81.4 cm³/mol. The van der Waals surface area contributed by atoms with Gasteiger partial charge in [0, 0.05) is 17.3 Å². The highest BCUT2D eigenvalue weighted by Gasteiger charge is 2.26. The summed E-state index contributed by atoms with van der Waals surface area (Å²) in [5.74, 6) is -0.305.